The lowest BCUT2D eigenvalue weighted by molar-refractivity contribution is -0.142. The fourth-order valence-electron chi connectivity index (χ4n) is 2.33. The van der Waals surface area contributed by atoms with Crippen molar-refractivity contribution in [3.05, 3.63) is 35.9 Å². The lowest BCUT2D eigenvalue weighted by Gasteiger charge is -2.22. The van der Waals surface area contributed by atoms with E-state index in [1.807, 2.05) is 18.2 Å². The number of likely N-dealkylation sites (N-methyl/N-ethyl adjacent to an activating group) is 1. The molecule has 5 nitrogen and oxygen atoms in total. The highest BCUT2D eigenvalue weighted by atomic mass is 16.5. The van der Waals surface area contributed by atoms with E-state index in [9.17, 15) is 4.79 Å². The summed E-state index contributed by atoms with van der Waals surface area (Å²) in [6, 6.07) is 10.1. The summed E-state index contributed by atoms with van der Waals surface area (Å²) in [6.07, 6.45) is 0. The van der Waals surface area contributed by atoms with Gasteiger partial charge in [0.15, 0.2) is 0 Å². The number of carbonyl (C=O) groups excluding carboxylic acids is 1. The van der Waals surface area contributed by atoms with E-state index in [2.05, 4.69) is 35.8 Å². The van der Waals surface area contributed by atoms with Crippen LogP contribution < -0.4 is 0 Å². The molecule has 0 saturated carbocycles. The van der Waals surface area contributed by atoms with E-state index >= 15 is 0 Å². The van der Waals surface area contributed by atoms with E-state index in [0.717, 1.165) is 32.8 Å². The third-order valence-corrected chi connectivity index (χ3v) is 3.83. The number of methoxy groups -OCH3 is 1. The van der Waals surface area contributed by atoms with Crippen LogP contribution in [0.1, 0.15) is 19.4 Å². The SMILES string of the molecule is CCN(CC)CCOCCN(CC(=O)OC)Cc1ccccc1. The van der Waals surface area contributed by atoms with Crippen LogP contribution in [0.15, 0.2) is 30.3 Å². The van der Waals surface area contributed by atoms with Crippen LogP contribution in [0.3, 0.4) is 0 Å². The summed E-state index contributed by atoms with van der Waals surface area (Å²) in [5.74, 6) is -0.218. The fraction of sp³-hybridized carbons (Fsp3) is 0.611. The van der Waals surface area contributed by atoms with E-state index in [0.29, 0.717) is 13.2 Å². The van der Waals surface area contributed by atoms with Crippen LogP contribution >= 0.6 is 0 Å². The maximum Gasteiger partial charge on any atom is 0.319 e. The van der Waals surface area contributed by atoms with Gasteiger partial charge < -0.3 is 14.4 Å². The van der Waals surface area contributed by atoms with E-state index in [1.54, 1.807) is 0 Å². The quantitative estimate of drug-likeness (QED) is 0.435. The summed E-state index contributed by atoms with van der Waals surface area (Å²) < 4.78 is 10.5. The largest absolute Gasteiger partial charge is 0.468 e. The smallest absolute Gasteiger partial charge is 0.319 e. The summed E-state index contributed by atoms with van der Waals surface area (Å²) in [5, 5.41) is 0. The topological polar surface area (TPSA) is 42.0 Å². The molecule has 0 amide bonds. The molecule has 0 N–H and O–H groups in total. The van der Waals surface area contributed by atoms with Crippen LogP contribution in [0, 0.1) is 0 Å². The number of benzene rings is 1. The molecule has 23 heavy (non-hydrogen) atoms. The molecule has 0 aliphatic carbocycles. The van der Waals surface area contributed by atoms with Gasteiger partial charge in [-0.1, -0.05) is 44.2 Å². The highest BCUT2D eigenvalue weighted by molar-refractivity contribution is 5.71. The lowest BCUT2D eigenvalue weighted by Crippen LogP contribution is -2.34. The third kappa shape index (κ3) is 8.69. The average molecular weight is 322 g/mol. The van der Waals surface area contributed by atoms with Crippen LogP contribution in [0.25, 0.3) is 0 Å². The Kier molecular flexibility index (Phi) is 10.3. The number of hydrogen-bond donors (Lipinski definition) is 0. The molecular weight excluding hydrogens is 292 g/mol. The van der Waals surface area contributed by atoms with Crippen molar-refractivity contribution in [2.75, 3.05) is 53.0 Å². The summed E-state index contributed by atoms with van der Waals surface area (Å²) in [7, 11) is 1.42. The summed E-state index contributed by atoms with van der Waals surface area (Å²) in [4.78, 5) is 15.9. The molecule has 0 aliphatic heterocycles. The predicted octanol–water partition coefficient (Wildman–Crippen LogP) is 2.02. The molecule has 0 heterocycles. The van der Waals surface area contributed by atoms with Crippen molar-refractivity contribution in [3.8, 4) is 0 Å². The first-order valence-electron chi connectivity index (χ1n) is 8.32. The van der Waals surface area contributed by atoms with Crippen LogP contribution in [0.5, 0.6) is 0 Å². The molecule has 1 aromatic carbocycles. The van der Waals surface area contributed by atoms with Gasteiger partial charge >= 0.3 is 5.97 Å². The van der Waals surface area contributed by atoms with Crippen molar-refractivity contribution in [2.24, 2.45) is 0 Å². The molecule has 1 rings (SSSR count). The van der Waals surface area contributed by atoms with Gasteiger partial charge in [0.1, 0.15) is 0 Å². The first kappa shape index (κ1) is 19.6. The van der Waals surface area contributed by atoms with Crippen molar-refractivity contribution >= 4 is 5.97 Å². The number of ether oxygens (including phenoxy) is 2. The molecule has 0 radical (unpaired) electrons. The van der Waals surface area contributed by atoms with Gasteiger partial charge in [-0.2, -0.15) is 0 Å². The molecule has 0 bridgehead atoms. The molecule has 0 spiro atoms. The van der Waals surface area contributed by atoms with Crippen molar-refractivity contribution < 1.29 is 14.3 Å². The van der Waals surface area contributed by atoms with E-state index in [-0.39, 0.29) is 12.5 Å². The number of hydrogen-bond acceptors (Lipinski definition) is 5. The second kappa shape index (κ2) is 12.0. The standard InChI is InChI=1S/C18H30N2O3/c1-4-19(5-2)11-13-23-14-12-20(16-18(21)22-3)15-17-9-7-6-8-10-17/h6-10H,4-5,11-16H2,1-3H3. The van der Waals surface area contributed by atoms with Crippen molar-refractivity contribution in [1.29, 1.82) is 0 Å². The molecule has 0 unspecified atom stereocenters. The summed E-state index contributed by atoms with van der Waals surface area (Å²) in [5.41, 5.74) is 1.18. The molecule has 5 heteroatoms. The van der Waals surface area contributed by atoms with Crippen LogP contribution in [0.4, 0.5) is 0 Å². The third-order valence-electron chi connectivity index (χ3n) is 3.83. The van der Waals surface area contributed by atoms with E-state index in [1.165, 1.54) is 12.7 Å². The van der Waals surface area contributed by atoms with Gasteiger partial charge in [-0.3, -0.25) is 9.69 Å². The van der Waals surface area contributed by atoms with Crippen LogP contribution in [0.2, 0.25) is 0 Å². The zero-order chi connectivity index (χ0) is 16.9. The number of nitrogens with zero attached hydrogens (tertiary/aromatic N) is 2. The van der Waals surface area contributed by atoms with Gasteiger partial charge in [0.05, 0.1) is 26.9 Å². The van der Waals surface area contributed by atoms with E-state index in [4.69, 9.17) is 9.47 Å². The second-order valence-electron chi connectivity index (χ2n) is 5.41. The molecule has 0 fully saturated rings. The Morgan fingerprint density at radius 2 is 1.61 bits per heavy atom. The number of esters is 1. The molecule has 130 valence electrons. The minimum Gasteiger partial charge on any atom is -0.468 e. The molecule has 1 aromatic rings. The maximum absolute atomic E-state index is 11.6. The summed E-state index contributed by atoms with van der Waals surface area (Å²) >= 11 is 0. The number of carbonyl (C=O) groups is 1. The van der Waals surface area contributed by atoms with E-state index < -0.39 is 0 Å². The van der Waals surface area contributed by atoms with Crippen LogP contribution in [-0.4, -0.2) is 68.8 Å². The zero-order valence-corrected chi connectivity index (χ0v) is 14.7. The maximum atomic E-state index is 11.6. The highest BCUT2D eigenvalue weighted by Gasteiger charge is 2.11. The predicted molar refractivity (Wildman–Crippen MR) is 92.3 cm³/mol. The first-order valence-corrected chi connectivity index (χ1v) is 8.32. The minimum atomic E-state index is -0.218. The van der Waals surface area contributed by atoms with Crippen molar-refractivity contribution in [2.45, 2.75) is 20.4 Å². The minimum absolute atomic E-state index is 0.218. The number of rotatable bonds is 12. The van der Waals surface area contributed by atoms with Gasteiger partial charge in [-0.05, 0) is 18.7 Å². The lowest BCUT2D eigenvalue weighted by atomic mass is 10.2. The Morgan fingerprint density at radius 1 is 1.00 bits per heavy atom. The van der Waals surface area contributed by atoms with Crippen molar-refractivity contribution in [1.82, 2.24) is 9.80 Å². The van der Waals surface area contributed by atoms with Gasteiger partial charge in [0, 0.05) is 19.6 Å². The second-order valence-corrected chi connectivity index (χ2v) is 5.41. The fourth-order valence-corrected chi connectivity index (χ4v) is 2.33. The normalized spacial score (nSPS) is 11.2. The molecule has 0 aliphatic rings. The van der Waals surface area contributed by atoms with Gasteiger partial charge in [0.25, 0.3) is 0 Å². The Bertz CT molecular complexity index is 422. The Labute approximate surface area is 140 Å². The van der Waals surface area contributed by atoms with Crippen molar-refractivity contribution in [3.63, 3.8) is 0 Å². The highest BCUT2D eigenvalue weighted by Crippen LogP contribution is 2.04. The Morgan fingerprint density at radius 3 is 2.17 bits per heavy atom. The van der Waals surface area contributed by atoms with Gasteiger partial charge in [-0.25, -0.2) is 0 Å². The van der Waals surface area contributed by atoms with Gasteiger partial charge in [-0.15, -0.1) is 0 Å². The molecular formula is C18H30N2O3. The first-order chi connectivity index (χ1) is 11.2. The van der Waals surface area contributed by atoms with Crippen LogP contribution in [-0.2, 0) is 20.8 Å². The zero-order valence-electron chi connectivity index (χ0n) is 14.7. The average Bonchev–Trinajstić information content (AvgIpc) is 2.58. The summed E-state index contributed by atoms with van der Waals surface area (Å²) in [6.45, 7) is 10.4. The molecule has 0 atom stereocenters. The van der Waals surface area contributed by atoms with Gasteiger partial charge in [0.2, 0.25) is 0 Å². The molecule has 0 aromatic heterocycles. The Balaban J connectivity index is 2.36. The molecule has 0 saturated heterocycles. The monoisotopic (exact) mass is 322 g/mol. The Hall–Kier alpha value is -1.43.